The lowest BCUT2D eigenvalue weighted by molar-refractivity contribution is -0.138. The molecule has 1 aromatic carbocycles. The summed E-state index contributed by atoms with van der Waals surface area (Å²) in [6.07, 6.45) is 1.30. The standard InChI is InChI=1S/C15H18N4O3S/c16-10(15(22)18-7-3-5-11(18)13(17)20)8-19-14(21)9-4-1-2-6-12(9)23-19/h1-2,4,6,10-11H,3,5,7-8,16H2,(H2,17,20)/t10-,11-/m0/s1. The predicted octanol–water partition coefficient (Wildman–Crippen LogP) is -0.133. The minimum absolute atomic E-state index is 0.0962. The third-order valence-electron chi connectivity index (χ3n) is 4.10. The first-order valence-corrected chi connectivity index (χ1v) is 8.20. The maximum atomic E-state index is 12.5. The summed E-state index contributed by atoms with van der Waals surface area (Å²) >= 11 is 1.28. The molecule has 0 spiro atoms. The van der Waals surface area contributed by atoms with E-state index in [4.69, 9.17) is 11.5 Å². The molecule has 1 fully saturated rings. The molecule has 3 rings (SSSR count). The highest BCUT2D eigenvalue weighted by atomic mass is 32.1. The van der Waals surface area contributed by atoms with Gasteiger partial charge in [-0.05, 0) is 25.0 Å². The zero-order chi connectivity index (χ0) is 16.6. The van der Waals surface area contributed by atoms with Crippen molar-refractivity contribution in [3.63, 3.8) is 0 Å². The topological polar surface area (TPSA) is 111 Å². The third kappa shape index (κ3) is 2.87. The molecule has 2 aromatic rings. The molecule has 1 aliphatic rings. The van der Waals surface area contributed by atoms with Gasteiger partial charge in [0, 0.05) is 6.54 Å². The molecular formula is C15H18N4O3S. The average Bonchev–Trinajstić information content (AvgIpc) is 3.13. The van der Waals surface area contributed by atoms with Gasteiger partial charge in [-0.25, -0.2) is 0 Å². The molecule has 1 saturated heterocycles. The molecule has 0 bridgehead atoms. The Labute approximate surface area is 136 Å². The maximum absolute atomic E-state index is 12.5. The van der Waals surface area contributed by atoms with Crippen molar-refractivity contribution in [2.75, 3.05) is 6.54 Å². The Hall–Kier alpha value is -2.19. The van der Waals surface area contributed by atoms with E-state index in [1.165, 1.54) is 20.4 Å². The number of likely N-dealkylation sites (tertiary alicyclic amines) is 1. The van der Waals surface area contributed by atoms with Crippen LogP contribution in [0.25, 0.3) is 10.1 Å². The molecule has 2 atom stereocenters. The van der Waals surface area contributed by atoms with Gasteiger partial charge in [0.1, 0.15) is 12.1 Å². The molecule has 2 heterocycles. The summed E-state index contributed by atoms with van der Waals surface area (Å²) in [4.78, 5) is 37.6. The summed E-state index contributed by atoms with van der Waals surface area (Å²) < 4.78 is 2.34. The first-order chi connectivity index (χ1) is 11.0. The highest BCUT2D eigenvalue weighted by Gasteiger charge is 2.35. The van der Waals surface area contributed by atoms with Crippen LogP contribution < -0.4 is 17.0 Å². The molecule has 0 unspecified atom stereocenters. The Bertz CT molecular complexity index is 812. The number of primary amides is 1. The lowest BCUT2D eigenvalue weighted by atomic mass is 10.2. The Kier molecular flexibility index (Phi) is 4.18. The first-order valence-electron chi connectivity index (χ1n) is 7.43. The zero-order valence-corrected chi connectivity index (χ0v) is 13.3. The van der Waals surface area contributed by atoms with E-state index in [9.17, 15) is 14.4 Å². The van der Waals surface area contributed by atoms with Crippen molar-refractivity contribution < 1.29 is 9.59 Å². The SMILES string of the molecule is NC(=O)[C@@H]1CCCN1C(=O)[C@@H](N)Cn1sc2ccccc2c1=O. The summed E-state index contributed by atoms with van der Waals surface area (Å²) in [6.45, 7) is 0.570. The van der Waals surface area contributed by atoms with Crippen molar-refractivity contribution in [2.24, 2.45) is 11.5 Å². The Balaban J connectivity index is 1.79. The quantitative estimate of drug-likeness (QED) is 0.811. The van der Waals surface area contributed by atoms with Crippen LogP contribution in [0.1, 0.15) is 12.8 Å². The molecule has 0 radical (unpaired) electrons. The summed E-state index contributed by atoms with van der Waals surface area (Å²) in [5.41, 5.74) is 11.2. The van der Waals surface area contributed by atoms with Crippen molar-refractivity contribution in [1.29, 1.82) is 0 Å². The number of carbonyl (C=O) groups is 2. The minimum Gasteiger partial charge on any atom is -0.368 e. The molecule has 23 heavy (non-hydrogen) atoms. The number of benzene rings is 1. The van der Waals surface area contributed by atoms with E-state index in [0.29, 0.717) is 18.4 Å². The molecule has 0 aliphatic carbocycles. The summed E-state index contributed by atoms with van der Waals surface area (Å²) in [7, 11) is 0. The van der Waals surface area contributed by atoms with Crippen molar-refractivity contribution in [1.82, 2.24) is 8.86 Å². The number of nitrogens with two attached hydrogens (primary N) is 2. The van der Waals surface area contributed by atoms with Gasteiger partial charge in [-0.2, -0.15) is 0 Å². The van der Waals surface area contributed by atoms with Gasteiger partial charge in [-0.1, -0.05) is 23.7 Å². The number of fused-ring (bicyclic) bond motifs is 1. The van der Waals surface area contributed by atoms with Crippen molar-refractivity contribution >= 4 is 33.4 Å². The molecule has 2 amide bonds. The summed E-state index contributed by atoms with van der Waals surface area (Å²) in [5.74, 6) is -0.849. The number of nitrogens with zero attached hydrogens (tertiary/aromatic N) is 2. The third-order valence-corrected chi connectivity index (χ3v) is 5.18. The van der Waals surface area contributed by atoms with E-state index < -0.39 is 18.0 Å². The number of amides is 2. The van der Waals surface area contributed by atoms with E-state index in [0.717, 1.165) is 11.1 Å². The predicted molar refractivity (Wildman–Crippen MR) is 88.0 cm³/mol. The van der Waals surface area contributed by atoms with Crippen molar-refractivity contribution in [3.8, 4) is 0 Å². The largest absolute Gasteiger partial charge is 0.368 e. The fourth-order valence-electron chi connectivity index (χ4n) is 2.93. The van der Waals surface area contributed by atoms with Gasteiger partial charge >= 0.3 is 0 Å². The van der Waals surface area contributed by atoms with Gasteiger partial charge in [0.15, 0.2) is 0 Å². The second-order valence-electron chi connectivity index (χ2n) is 5.65. The summed E-state index contributed by atoms with van der Waals surface area (Å²) in [5, 5.41) is 0.619. The molecule has 7 nitrogen and oxygen atoms in total. The van der Waals surface area contributed by atoms with Crippen LogP contribution in [0.2, 0.25) is 0 Å². The van der Waals surface area contributed by atoms with E-state index >= 15 is 0 Å². The van der Waals surface area contributed by atoms with Crippen LogP contribution in [0.5, 0.6) is 0 Å². The van der Waals surface area contributed by atoms with E-state index in [-0.39, 0.29) is 18.0 Å². The van der Waals surface area contributed by atoms with Crippen LogP contribution in [0.3, 0.4) is 0 Å². The second-order valence-corrected chi connectivity index (χ2v) is 6.72. The van der Waals surface area contributed by atoms with Gasteiger partial charge in [0.25, 0.3) is 5.56 Å². The van der Waals surface area contributed by atoms with Crippen LogP contribution in [0, 0.1) is 0 Å². The molecule has 0 saturated carbocycles. The second kappa shape index (κ2) is 6.13. The first kappa shape index (κ1) is 15.7. The number of hydrogen-bond acceptors (Lipinski definition) is 5. The van der Waals surface area contributed by atoms with Crippen molar-refractivity contribution in [3.05, 3.63) is 34.6 Å². The number of carbonyl (C=O) groups excluding carboxylic acids is 2. The van der Waals surface area contributed by atoms with E-state index in [1.54, 1.807) is 12.1 Å². The summed E-state index contributed by atoms with van der Waals surface area (Å²) in [6, 6.07) is 5.80. The maximum Gasteiger partial charge on any atom is 0.268 e. The highest BCUT2D eigenvalue weighted by Crippen LogP contribution is 2.19. The highest BCUT2D eigenvalue weighted by molar-refractivity contribution is 7.13. The fraction of sp³-hybridized carbons (Fsp3) is 0.400. The molecule has 1 aliphatic heterocycles. The normalized spacial score (nSPS) is 19.2. The van der Waals surface area contributed by atoms with Crippen LogP contribution in [0.15, 0.2) is 29.1 Å². The van der Waals surface area contributed by atoms with Gasteiger partial charge in [0.05, 0.1) is 16.6 Å². The van der Waals surface area contributed by atoms with Gasteiger partial charge < -0.3 is 16.4 Å². The van der Waals surface area contributed by atoms with Crippen LogP contribution in [-0.2, 0) is 16.1 Å². The van der Waals surface area contributed by atoms with Gasteiger partial charge in [0.2, 0.25) is 11.8 Å². The molecule has 122 valence electrons. The zero-order valence-electron chi connectivity index (χ0n) is 12.5. The Morgan fingerprint density at radius 2 is 2.09 bits per heavy atom. The van der Waals surface area contributed by atoms with E-state index in [1.807, 2.05) is 12.1 Å². The van der Waals surface area contributed by atoms with Crippen molar-refractivity contribution in [2.45, 2.75) is 31.5 Å². The molecular weight excluding hydrogens is 316 g/mol. The number of hydrogen-bond donors (Lipinski definition) is 2. The van der Waals surface area contributed by atoms with Gasteiger partial charge in [-0.3, -0.25) is 18.3 Å². The fourth-order valence-corrected chi connectivity index (χ4v) is 3.98. The van der Waals surface area contributed by atoms with Crippen LogP contribution in [0.4, 0.5) is 0 Å². The Morgan fingerprint density at radius 3 is 2.78 bits per heavy atom. The smallest absolute Gasteiger partial charge is 0.268 e. The number of aromatic nitrogens is 1. The minimum atomic E-state index is -0.874. The Morgan fingerprint density at radius 1 is 1.35 bits per heavy atom. The molecule has 4 N–H and O–H groups in total. The number of rotatable bonds is 4. The molecule has 8 heteroatoms. The van der Waals surface area contributed by atoms with Crippen LogP contribution >= 0.6 is 11.5 Å². The lowest BCUT2D eigenvalue weighted by Crippen LogP contribution is -2.51. The molecule has 1 aromatic heterocycles. The van der Waals surface area contributed by atoms with E-state index in [2.05, 4.69) is 0 Å². The average molecular weight is 334 g/mol. The monoisotopic (exact) mass is 334 g/mol. The van der Waals surface area contributed by atoms with Crippen LogP contribution in [-0.4, -0.2) is 39.3 Å². The lowest BCUT2D eigenvalue weighted by Gasteiger charge is -2.25. The van der Waals surface area contributed by atoms with Gasteiger partial charge in [-0.15, -0.1) is 0 Å².